The standard InChI is InChI=1S/C27H35NO4/c1-19(25-9-5-4-6-21(25)10-11-26(30)31)32-18-24(29)17-28-27(12-13-27)16-20-14-22-7-2-3-8-23(22)15-20/h2-9,19-20,24,28-29H,10-18H2,1H3,(H,30,31)/t19-,24+/m1/s1. The van der Waals surface area contributed by atoms with E-state index < -0.39 is 12.1 Å². The fraction of sp³-hybridized carbons (Fsp3) is 0.519. The molecule has 2 aromatic rings. The van der Waals surface area contributed by atoms with Crippen molar-refractivity contribution in [1.29, 1.82) is 0 Å². The summed E-state index contributed by atoms with van der Waals surface area (Å²) in [7, 11) is 0. The van der Waals surface area contributed by atoms with Gasteiger partial charge in [-0.3, -0.25) is 4.79 Å². The zero-order valence-corrected chi connectivity index (χ0v) is 18.9. The first-order chi connectivity index (χ1) is 15.4. The summed E-state index contributed by atoms with van der Waals surface area (Å²) in [6.07, 6.45) is 5.70. The van der Waals surface area contributed by atoms with E-state index in [0.29, 0.717) is 18.9 Å². The van der Waals surface area contributed by atoms with Crippen LogP contribution in [0.4, 0.5) is 0 Å². The van der Waals surface area contributed by atoms with Gasteiger partial charge in [0.15, 0.2) is 0 Å². The molecule has 1 fully saturated rings. The molecule has 0 radical (unpaired) electrons. The molecule has 3 N–H and O–H groups in total. The van der Waals surface area contributed by atoms with Gasteiger partial charge < -0.3 is 20.3 Å². The molecule has 0 heterocycles. The van der Waals surface area contributed by atoms with Crippen LogP contribution < -0.4 is 5.32 Å². The number of aliphatic hydroxyl groups is 1. The molecule has 2 aliphatic rings. The van der Waals surface area contributed by atoms with Gasteiger partial charge in [-0.2, -0.15) is 0 Å². The van der Waals surface area contributed by atoms with Crippen LogP contribution in [0.15, 0.2) is 48.5 Å². The molecule has 0 bridgehead atoms. The van der Waals surface area contributed by atoms with Crippen LogP contribution >= 0.6 is 0 Å². The molecule has 0 aromatic heterocycles. The molecule has 1 saturated carbocycles. The summed E-state index contributed by atoms with van der Waals surface area (Å²) in [4.78, 5) is 10.9. The zero-order chi connectivity index (χ0) is 22.6. The maximum atomic E-state index is 10.9. The first-order valence-corrected chi connectivity index (χ1v) is 11.9. The molecule has 2 atom stereocenters. The molecule has 172 valence electrons. The van der Waals surface area contributed by atoms with E-state index in [0.717, 1.165) is 11.1 Å². The van der Waals surface area contributed by atoms with Crippen LogP contribution in [0, 0.1) is 5.92 Å². The van der Waals surface area contributed by atoms with Crippen molar-refractivity contribution in [2.24, 2.45) is 5.92 Å². The zero-order valence-electron chi connectivity index (χ0n) is 18.9. The largest absolute Gasteiger partial charge is 0.481 e. The van der Waals surface area contributed by atoms with Crippen molar-refractivity contribution in [3.05, 3.63) is 70.8 Å². The molecule has 0 aliphatic heterocycles. The number of fused-ring (bicyclic) bond motifs is 1. The Kier molecular flexibility index (Phi) is 7.29. The second-order valence-corrected chi connectivity index (χ2v) is 9.63. The second-order valence-electron chi connectivity index (χ2n) is 9.63. The van der Waals surface area contributed by atoms with Gasteiger partial charge >= 0.3 is 5.97 Å². The Morgan fingerprint density at radius 2 is 1.78 bits per heavy atom. The van der Waals surface area contributed by atoms with Gasteiger partial charge in [-0.1, -0.05) is 48.5 Å². The predicted octanol–water partition coefficient (Wildman–Crippen LogP) is 4.07. The molecular formula is C27H35NO4. The fourth-order valence-corrected chi connectivity index (χ4v) is 5.09. The molecule has 5 nitrogen and oxygen atoms in total. The monoisotopic (exact) mass is 437 g/mol. The molecule has 5 heteroatoms. The smallest absolute Gasteiger partial charge is 0.303 e. The van der Waals surface area contributed by atoms with Crippen LogP contribution in [-0.2, 0) is 28.8 Å². The highest BCUT2D eigenvalue weighted by Crippen LogP contribution is 2.44. The highest BCUT2D eigenvalue weighted by atomic mass is 16.5. The molecule has 0 saturated heterocycles. The lowest BCUT2D eigenvalue weighted by Gasteiger charge is -2.24. The minimum atomic E-state index is -0.801. The van der Waals surface area contributed by atoms with Crippen LogP contribution in [-0.4, -0.2) is 41.0 Å². The third-order valence-electron chi connectivity index (χ3n) is 7.02. The van der Waals surface area contributed by atoms with E-state index in [1.165, 1.54) is 43.2 Å². The number of aliphatic hydroxyl groups excluding tert-OH is 1. The number of aryl methyl sites for hydroxylation is 1. The normalized spacial score (nSPS) is 18.8. The number of rotatable bonds is 12. The van der Waals surface area contributed by atoms with Gasteiger partial charge in [0.25, 0.3) is 0 Å². The van der Waals surface area contributed by atoms with E-state index in [4.69, 9.17) is 9.84 Å². The topological polar surface area (TPSA) is 78.8 Å². The van der Waals surface area contributed by atoms with Crippen LogP contribution in [0.2, 0.25) is 0 Å². The second kappa shape index (κ2) is 10.2. The van der Waals surface area contributed by atoms with Crippen molar-refractivity contribution in [3.63, 3.8) is 0 Å². The van der Waals surface area contributed by atoms with Crippen molar-refractivity contribution < 1.29 is 19.7 Å². The number of ether oxygens (including phenoxy) is 1. The minimum Gasteiger partial charge on any atom is -0.481 e. The molecule has 0 unspecified atom stereocenters. The van der Waals surface area contributed by atoms with E-state index in [-0.39, 0.29) is 24.7 Å². The highest BCUT2D eigenvalue weighted by Gasteiger charge is 2.44. The first kappa shape index (κ1) is 23.0. The Bertz CT molecular complexity index is 898. The van der Waals surface area contributed by atoms with Crippen molar-refractivity contribution in [2.75, 3.05) is 13.2 Å². The van der Waals surface area contributed by atoms with Gasteiger partial charge in [0.2, 0.25) is 0 Å². The first-order valence-electron chi connectivity index (χ1n) is 11.9. The Labute approximate surface area is 190 Å². The molecule has 0 spiro atoms. The minimum absolute atomic E-state index is 0.102. The Hall–Kier alpha value is -2.21. The number of carboxylic acid groups (broad SMARTS) is 1. The number of aliphatic carboxylic acids is 1. The Morgan fingerprint density at radius 1 is 1.12 bits per heavy atom. The Morgan fingerprint density at radius 3 is 2.44 bits per heavy atom. The number of β-amino-alcohol motifs (C(OH)–C–C–N with tert-alkyl or cyclic N) is 1. The third kappa shape index (κ3) is 5.97. The maximum absolute atomic E-state index is 10.9. The molecule has 2 aliphatic carbocycles. The number of nitrogens with one attached hydrogen (secondary N) is 1. The van der Waals surface area contributed by atoms with Gasteiger partial charge in [-0.15, -0.1) is 0 Å². The van der Waals surface area contributed by atoms with E-state index in [1.54, 1.807) is 0 Å². The SMILES string of the molecule is C[C@@H](OC[C@@H](O)CNC1(CC2Cc3ccccc3C2)CC1)c1ccccc1CCC(=O)O. The van der Waals surface area contributed by atoms with E-state index in [2.05, 4.69) is 29.6 Å². The van der Waals surface area contributed by atoms with Crippen molar-refractivity contribution in [1.82, 2.24) is 5.32 Å². The van der Waals surface area contributed by atoms with Crippen LogP contribution in [0.25, 0.3) is 0 Å². The summed E-state index contributed by atoms with van der Waals surface area (Å²) >= 11 is 0. The molecule has 0 amide bonds. The van der Waals surface area contributed by atoms with Gasteiger partial charge in [0, 0.05) is 18.5 Å². The Balaban J connectivity index is 1.21. The number of hydrogen-bond donors (Lipinski definition) is 3. The summed E-state index contributed by atoms with van der Waals surface area (Å²) in [5, 5.41) is 23.1. The van der Waals surface area contributed by atoms with Crippen molar-refractivity contribution in [2.45, 2.75) is 69.6 Å². The van der Waals surface area contributed by atoms with Gasteiger partial charge in [-0.05, 0) is 73.6 Å². The quantitative estimate of drug-likeness (QED) is 0.467. The average Bonchev–Trinajstić information content (AvgIpc) is 3.43. The fourth-order valence-electron chi connectivity index (χ4n) is 5.09. The summed E-state index contributed by atoms with van der Waals surface area (Å²) in [5.74, 6) is -0.108. The molecule has 4 rings (SSSR count). The van der Waals surface area contributed by atoms with Crippen LogP contribution in [0.1, 0.15) is 61.0 Å². The van der Waals surface area contributed by atoms with Crippen LogP contribution in [0.5, 0.6) is 0 Å². The lowest BCUT2D eigenvalue weighted by atomic mass is 9.95. The van der Waals surface area contributed by atoms with Crippen molar-refractivity contribution >= 4 is 5.97 Å². The summed E-state index contributed by atoms with van der Waals surface area (Å²) in [5.41, 5.74) is 5.17. The van der Waals surface area contributed by atoms with E-state index >= 15 is 0 Å². The maximum Gasteiger partial charge on any atom is 0.303 e. The summed E-state index contributed by atoms with van der Waals surface area (Å²) in [6, 6.07) is 16.6. The molecular weight excluding hydrogens is 402 g/mol. The third-order valence-corrected chi connectivity index (χ3v) is 7.02. The van der Waals surface area contributed by atoms with Gasteiger partial charge in [0.05, 0.1) is 18.8 Å². The van der Waals surface area contributed by atoms with Crippen LogP contribution in [0.3, 0.4) is 0 Å². The molecule has 32 heavy (non-hydrogen) atoms. The van der Waals surface area contributed by atoms with Crippen molar-refractivity contribution in [3.8, 4) is 0 Å². The number of carboxylic acids is 1. The number of carbonyl (C=O) groups is 1. The van der Waals surface area contributed by atoms with E-state index in [1.807, 2.05) is 31.2 Å². The van der Waals surface area contributed by atoms with Gasteiger partial charge in [0.1, 0.15) is 0 Å². The lowest BCUT2D eigenvalue weighted by Crippen LogP contribution is -2.40. The summed E-state index contributed by atoms with van der Waals surface area (Å²) in [6.45, 7) is 2.75. The highest BCUT2D eigenvalue weighted by molar-refractivity contribution is 5.67. The number of hydrogen-bond acceptors (Lipinski definition) is 4. The van der Waals surface area contributed by atoms with E-state index in [9.17, 15) is 9.90 Å². The summed E-state index contributed by atoms with van der Waals surface area (Å²) < 4.78 is 5.96. The number of benzene rings is 2. The lowest BCUT2D eigenvalue weighted by molar-refractivity contribution is -0.136. The van der Waals surface area contributed by atoms with Gasteiger partial charge in [-0.25, -0.2) is 0 Å². The average molecular weight is 438 g/mol. The molecule has 2 aromatic carbocycles. The predicted molar refractivity (Wildman–Crippen MR) is 125 cm³/mol.